The van der Waals surface area contributed by atoms with Crippen LogP contribution in [0.25, 0.3) is 0 Å². The molecule has 70 valence electrons. The lowest BCUT2D eigenvalue weighted by molar-refractivity contribution is 0.156. The van der Waals surface area contributed by atoms with E-state index in [-0.39, 0.29) is 6.54 Å². The van der Waals surface area contributed by atoms with Crippen LogP contribution < -0.4 is 0 Å². The molecule has 0 aliphatic carbocycles. The number of hydrogen-bond acceptors (Lipinski definition) is 3. The van der Waals surface area contributed by atoms with E-state index in [9.17, 15) is 13.2 Å². The van der Waals surface area contributed by atoms with Crippen LogP contribution >= 0.6 is 0 Å². The number of sulfone groups is 1. The summed E-state index contributed by atoms with van der Waals surface area (Å²) < 4.78 is 22.0. The lowest BCUT2D eigenvalue weighted by Crippen LogP contribution is -2.30. The predicted molar refractivity (Wildman–Crippen MR) is 42.8 cm³/mol. The molecule has 6 heteroatoms. The van der Waals surface area contributed by atoms with Crippen molar-refractivity contribution < 1.29 is 18.3 Å². The third kappa shape index (κ3) is 1.88. The van der Waals surface area contributed by atoms with Crippen molar-refractivity contribution in [3.8, 4) is 0 Å². The number of likely N-dealkylation sites (tertiary alicyclic amines) is 1. The van der Waals surface area contributed by atoms with Gasteiger partial charge in [-0.1, -0.05) is 0 Å². The molecule has 0 spiro atoms. The van der Waals surface area contributed by atoms with Crippen molar-refractivity contribution in [1.82, 2.24) is 4.90 Å². The summed E-state index contributed by atoms with van der Waals surface area (Å²) in [6, 6.07) is 0. The number of amides is 1. The van der Waals surface area contributed by atoms with Crippen LogP contribution in [0.15, 0.2) is 0 Å². The van der Waals surface area contributed by atoms with Gasteiger partial charge in [0.25, 0.3) is 0 Å². The summed E-state index contributed by atoms with van der Waals surface area (Å²) in [4.78, 5) is 11.5. The minimum absolute atomic E-state index is 0.119. The molecule has 1 heterocycles. The zero-order chi connectivity index (χ0) is 9.35. The van der Waals surface area contributed by atoms with Gasteiger partial charge in [-0.25, -0.2) is 13.2 Å². The van der Waals surface area contributed by atoms with Gasteiger partial charge in [-0.3, -0.25) is 0 Å². The number of rotatable bonds is 1. The second-order valence-corrected chi connectivity index (χ2v) is 5.29. The Balaban J connectivity index is 2.64. The molecule has 1 saturated heterocycles. The quantitative estimate of drug-likeness (QED) is 0.625. The number of carboxylic acid groups (broad SMARTS) is 1. The highest BCUT2D eigenvalue weighted by Crippen LogP contribution is 2.15. The number of hydrogen-bond donors (Lipinski definition) is 1. The first-order valence-corrected chi connectivity index (χ1v) is 5.53. The summed E-state index contributed by atoms with van der Waals surface area (Å²) in [5, 5.41) is 8.02. The van der Waals surface area contributed by atoms with Crippen LogP contribution in [0.3, 0.4) is 0 Å². The Hall–Kier alpha value is -0.780. The molecular weight excluding hydrogens is 182 g/mol. The molecule has 12 heavy (non-hydrogen) atoms. The molecule has 1 N–H and O–H groups in total. The van der Waals surface area contributed by atoms with Crippen LogP contribution in [0.4, 0.5) is 4.79 Å². The van der Waals surface area contributed by atoms with Crippen LogP contribution in [0, 0.1) is 0 Å². The van der Waals surface area contributed by atoms with Gasteiger partial charge in [-0.2, -0.15) is 0 Å². The molecule has 0 saturated carbocycles. The van der Waals surface area contributed by atoms with E-state index in [1.54, 1.807) is 0 Å². The Labute approximate surface area is 70.9 Å². The second-order valence-electron chi connectivity index (χ2n) is 2.97. The van der Waals surface area contributed by atoms with Gasteiger partial charge in [0.2, 0.25) is 0 Å². The lowest BCUT2D eigenvalue weighted by atomic mass is 10.4. The van der Waals surface area contributed by atoms with Crippen LogP contribution in [-0.2, 0) is 9.84 Å². The van der Waals surface area contributed by atoms with Crippen LogP contribution in [0.5, 0.6) is 0 Å². The van der Waals surface area contributed by atoms with Crippen molar-refractivity contribution in [2.24, 2.45) is 0 Å². The molecule has 0 aromatic rings. The zero-order valence-corrected chi connectivity index (χ0v) is 7.54. The molecule has 0 aromatic carbocycles. The fraction of sp³-hybridized carbons (Fsp3) is 0.833. The van der Waals surface area contributed by atoms with Gasteiger partial charge >= 0.3 is 6.09 Å². The summed E-state index contributed by atoms with van der Waals surface area (Å²) in [7, 11) is -3.07. The third-order valence-electron chi connectivity index (χ3n) is 2.02. The number of nitrogens with zero attached hydrogens (tertiary/aromatic N) is 1. The van der Waals surface area contributed by atoms with Gasteiger partial charge in [0.05, 0.1) is 5.25 Å². The zero-order valence-electron chi connectivity index (χ0n) is 6.73. The predicted octanol–water partition coefficient (Wildman–Crippen LogP) is -0.217. The molecule has 1 unspecified atom stereocenters. The third-order valence-corrected chi connectivity index (χ3v) is 3.62. The Kier molecular flexibility index (Phi) is 2.27. The molecule has 1 atom stereocenters. The molecule has 0 radical (unpaired) electrons. The fourth-order valence-corrected chi connectivity index (χ4v) is 2.24. The highest BCUT2D eigenvalue weighted by atomic mass is 32.2. The van der Waals surface area contributed by atoms with Crippen molar-refractivity contribution in [3.63, 3.8) is 0 Å². The van der Waals surface area contributed by atoms with Crippen molar-refractivity contribution in [3.05, 3.63) is 0 Å². The first-order valence-electron chi connectivity index (χ1n) is 3.58. The van der Waals surface area contributed by atoms with E-state index >= 15 is 0 Å². The highest BCUT2D eigenvalue weighted by Gasteiger charge is 2.32. The van der Waals surface area contributed by atoms with Gasteiger partial charge in [0.1, 0.15) is 0 Å². The highest BCUT2D eigenvalue weighted by molar-refractivity contribution is 7.91. The minimum atomic E-state index is -3.07. The van der Waals surface area contributed by atoms with Crippen molar-refractivity contribution in [1.29, 1.82) is 0 Å². The monoisotopic (exact) mass is 193 g/mol. The van der Waals surface area contributed by atoms with Crippen LogP contribution in [0.1, 0.15) is 6.42 Å². The maximum Gasteiger partial charge on any atom is 0.407 e. The number of carbonyl (C=O) groups is 1. The average Bonchev–Trinajstić information content (AvgIpc) is 2.30. The van der Waals surface area contributed by atoms with Gasteiger partial charge in [0.15, 0.2) is 9.84 Å². The molecule has 1 aliphatic rings. The van der Waals surface area contributed by atoms with Gasteiger partial charge in [-0.05, 0) is 6.42 Å². The van der Waals surface area contributed by atoms with Crippen LogP contribution in [-0.4, -0.2) is 49.1 Å². The van der Waals surface area contributed by atoms with E-state index in [0.717, 1.165) is 11.2 Å². The largest absolute Gasteiger partial charge is 0.465 e. The van der Waals surface area contributed by atoms with E-state index in [0.29, 0.717) is 13.0 Å². The van der Waals surface area contributed by atoms with Crippen molar-refractivity contribution >= 4 is 15.9 Å². The molecule has 1 fully saturated rings. The van der Waals surface area contributed by atoms with Gasteiger partial charge < -0.3 is 10.0 Å². The summed E-state index contributed by atoms with van der Waals surface area (Å²) in [5.74, 6) is 0. The Bertz CT molecular complexity index is 284. The average molecular weight is 193 g/mol. The normalized spacial score (nSPS) is 24.4. The lowest BCUT2D eigenvalue weighted by Gasteiger charge is -2.10. The SMILES string of the molecule is CS(=O)(=O)C1CCN(C(=O)O)C1. The smallest absolute Gasteiger partial charge is 0.407 e. The molecule has 0 aromatic heterocycles. The topological polar surface area (TPSA) is 74.7 Å². The fourth-order valence-electron chi connectivity index (χ4n) is 1.25. The molecule has 1 amide bonds. The Morgan fingerprint density at radius 1 is 1.58 bits per heavy atom. The minimum Gasteiger partial charge on any atom is -0.465 e. The van der Waals surface area contributed by atoms with E-state index in [1.165, 1.54) is 0 Å². The first-order chi connectivity index (χ1) is 5.41. The molecule has 5 nitrogen and oxygen atoms in total. The van der Waals surface area contributed by atoms with Crippen molar-refractivity contribution in [2.45, 2.75) is 11.7 Å². The second kappa shape index (κ2) is 2.93. The molecular formula is C6H11NO4S. The molecule has 1 aliphatic heterocycles. The first kappa shape index (κ1) is 9.31. The molecule has 1 rings (SSSR count). The Morgan fingerprint density at radius 3 is 2.42 bits per heavy atom. The maximum atomic E-state index is 11.0. The van der Waals surface area contributed by atoms with Crippen molar-refractivity contribution in [2.75, 3.05) is 19.3 Å². The summed E-state index contributed by atoms with van der Waals surface area (Å²) >= 11 is 0. The summed E-state index contributed by atoms with van der Waals surface area (Å²) in [5.41, 5.74) is 0. The van der Waals surface area contributed by atoms with E-state index in [4.69, 9.17) is 5.11 Å². The maximum absolute atomic E-state index is 11.0. The summed E-state index contributed by atoms with van der Waals surface area (Å²) in [6.45, 7) is 0.446. The Morgan fingerprint density at radius 2 is 2.17 bits per heavy atom. The molecule has 0 bridgehead atoms. The van der Waals surface area contributed by atoms with E-state index in [2.05, 4.69) is 0 Å². The standard InChI is InChI=1S/C6H11NO4S/c1-12(10,11)5-2-3-7(4-5)6(8)9/h5H,2-4H2,1H3,(H,8,9). The van der Waals surface area contributed by atoms with E-state index in [1.807, 2.05) is 0 Å². The van der Waals surface area contributed by atoms with E-state index < -0.39 is 21.2 Å². The van der Waals surface area contributed by atoms with Crippen LogP contribution in [0.2, 0.25) is 0 Å². The summed E-state index contributed by atoms with van der Waals surface area (Å²) in [6.07, 6.45) is 0.523. The van der Waals surface area contributed by atoms with Gasteiger partial charge in [0, 0.05) is 19.3 Å². The van der Waals surface area contributed by atoms with Gasteiger partial charge in [-0.15, -0.1) is 0 Å².